The highest BCUT2D eigenvalue weighted by atomic mass is 32.1. The van der Waals surface area contributed by atoms with E-state index in [4.69, 9.17) is 14.0 Å². The quantitative estimate of drug-likeness (QED) is 0.618. The summed E-state index contributed by atoms with van der Waals surface area (Å²) in [4.78, 5) is 36.5. The number of esters is 2. The maximum Gasteiger partial charge on any atom is 0.341 e. The molecule has 0 saturated heterocycles. The van der Waals surface area contributed by atoms with E-state index in [0.717, 1.165) is 29.7 Å². The molecule has 156 valence electrons. The Kier molecular flexibility index (Phi) is 6.68. The van der Waals surface area contributed by atoms with Gasteiger partial charge in [0, 0.05) is 12.0 Å². The molecule has 1 N–H and O–H groups in total. The Hall–Kier alpha value is -2.68. The number of aromatic nitrogens is 1. The van der Waals surface area contributed by atoms with Crippen LogP contribution in [0.3, 0.4) is 0 Å². The molecule has 0 atom stereocenters. The SMILES string of the molecule is CCOC(=O)c1c(C2CC2)csc1NC(=O)COC(=O)CCc1c(C)noc1C. The zero-order chi connectivity index (χ0) is 21.0. The Bertz CT molecular complexity index is 893. The lowest BCUT2D eigenvalue weighted by atomic mass is 10.1. The van der Waals surface area contributed by atoms with Gasteiger partial charge in [-0.3, -0.25) is 9.59 Å². The first-order chi connectivity index (χ1) is 13.9. The van der Waals surface area contributed by atoms with Crippen LogP contribution in [0.4, 0.5) is 5.00 Å². The number of ether oxygens (including phenoxy) is 2. The predicted molar refractivity (Wildman–Crippen MR) is 106 cm³/mol. The zero-order valence-corrected chi connectivity index (χ0v) is 17.5. The number of aryl methyl sites for hydroxylation is 2. The predicted octanol–water partition coefficient (Wildman–Crippen LogP) is 3.52. The van der Waals surface area contributed by atoms with Crippen molar-refractivity contribution >= 4 is 34.2 Å². The first-order valence-electron chi connectivity index (χ1n) is 9.56. The third kappa shape index (κ3) is 5.23. The number of hydrogen-bond donors (Lipinski definition) is 1. The number of thiophene rings is 1. The Morgan fingerprint density at radius 2 is 2.03 bits per heavy atom. The molecule has 0 unspecified atom stereocenters. The van der Waals surface area contributed by atoms with Gasteiger partial charge in [0.1, 0.15) is 10.8 Å². The van der Waals surface area contributed by atoms with Gasteiger partial charge in [0.15, 0.2) is 6.61 Å². The minimum Gasteiger partial charge on any atom is -0.462 e. The molecule has 0 aromatic carbocycles. The van der Waals surface area contributed by atoms with E-state index >= 15 is 0 Å². The van der Waals surface area contributed by atoms with E-state index < -0.39 is 24.5 Å². The van der Waals surface area contributed by atoms with Crippen LogP contribution in [0.1, 0.15) is 65.0 Å². The van der Waals surface area contributed by atoms with Crippen LogP contribution in [0, 0.1) is 13.8 Å². The van der Waals surface area contributed by atoms with Crippen LogP contribution in [0.5, 0.6) is 0 Å². The molecule has 29 heavy (non-hydrogen) atoms. The highest BCUT2D eigenvalue weighted by Gasteiger charge is 2.32. The monoisotopic (exact) mass is 420 g/mol. The standard InChI is InChI=1S/C20H24N2O6S/c1-4-26-20(25)18-15(13-5-6-13)10-29-19(18)21-16(23)9-27-17(24)8-7-14-11(2)22-28-12(14)3/h10,13H,4-9H2,1-3H3,(H,21,23). The fourth-order valence-corrected chi connectivity index (χ4v) is 4.09. The van der Waals surface area contributed by atoms with Crippen molar-refractivity contribution in [1.82, 2.24) is 5.16 Å². The second-order valence-electron chi connectivity index (χ2n) is 6.90. The minimum atomic E-state index is -0.495. The highest BCUT2D eigenvalue weighted by molar-refractivity contribution is 7.15. The highest BCUT2D eigenvalue weighted by Crippen LogP contribution is 2.46. The van der Waals surface area contributed by atoms with Crippen LogP contribution in [-0.4, -0.2) is 36.2 Å². The molecule has 2 aromatic rings. The van der Waals surface area contributed by atoms with Crippen molar-refractivity contribution in [2.45, 2.75) is 52.4 Å². The second-order valence-corrected chi connectivity index (χ2v) is 7.78. The van der Waals surface area contributed by atoms with Crippen molar-refractivity contribution in [3.63, 3.8) is 0 Å². The number of nitrogens with one attached hydrogen (secondary N) is 1. The van der Waals surface area contributed by atoms with Crippen LogP contribution >= 0.6 is 11.3 Å². The van der Waals surface area contributed by atoms with E-state index in [0.29, 0.717) is 28.7 Å². The molecule has 0 spiro atoms. The molecule has 3 rings (SSSR count). The van der Waals surface area contributed by atoms with E-state index in [1.54, 1.807) is 13.8 Å². The number of carbonyl (C=O) groups excluding carboxylic acids is 3. The Labute approximate surface area is 172 Å². The maximum absolute atomic E-state index is 12.3. The molecule has 0 radical (unpaired) electrons. The third-order valence-electron chi connectivity index (χ3n) is 4.69. The maximum atomic E-state index is 12.3. The fourth-order valence-electron chi connectivity index (χ4n) is 3.04. The molecule has 1 amide bonds. The summed E-state index contributed by atoms with van der Waals surface area (Å²) >= 11 is 1.28. The summed E-state index contributed by atoms with van der Waals surface area (Å²) in [5.41, 5.74) is 2.94. The molecule has 1 fully saturated rings. The first kappa shape index (κ1) is 21.0. The molecule has 8 nitrogen and oxygen atoms in total. The molecule has 0 aliphatic heterocycles. The Morgan fingerprint density at radius 3 is 2.66 bits per heavy atom. The van der Waals surface area contributed by atoms with E-state index in [1.807, 2.05) is 12.3 Å². The van der Waals surface area contributed by atoms with Crippen molar-refractivity contribution in [3.05, 3.63) is 33.5 Å². The van der Waals surface area contributed by atoms with E-state index in [9.17, 15) is 14.4 Å². The second kappa shape index (κ2) is 9.21. The average molecular weight is 420 g/mol. The fraction of sp³-hybridized carbons (Fsp3) is 0.500. The van der Waals surface area contributed by atoms with Crippen molar-refractivity contribution in [1.29, 1.82) is 0 Å². The van der Waals surface area contributed by atoms with Crippen LogP contribution < -0.4 is 5.32 Å². The molecular weight excluding hydrogens is 396 g/mol. The van der Waals surface area contributed by atoms with E-state index in [2.05, 4.69) is 10.5 Å². The lowest BCUT2D eigenvalue weighted by Crippen LogP contribution is -2.22. The summed E-state index contributed by atoms with van der Waals surface area (Å²) in [6.45, 7) is 5.17. The van der Waals surface area contributed by atoms with Crippen LogP contribution in [0.15, 0.2) is 9.90 Å². The van der Waals surface area contributed by atoms with Gasteiger partial charge in [0.2, 0.25) is 0 Å². The third-order valence-corrected chi connectivity index (χ3v) is 5.61. The van der Waals surface area contributed by atoms with Gasteiger partial charge in [0.05, 0.1) is 17.9 Å². The molecule has 2 heterocycles. The van der Waals surface area contributed by atoms with Crippen molar-refractivity contribution < 1.29 is 28.4 Å². The van der Waals surface area contributed by atoms with Gasteiger partial charge in [-0.05, 0) is 56.9 Å². The summed E-state index contributed by atoms with van der Waals surface area (Å²) in [7, 11) is 0. The van der Waals surface area contributed by atoms with Crippen LogP contribution in [0.2, 0.25) is 0 Å². The molecule has 1 aliphatic rings. The summed E-state index contributed by atoms with van der Waals surface area (Å²) in [6, 6.07) is 0. The number of nitrogens with zero attached hydrogens (tertiary/aromatic N) is 1. The number of hydrogen-bond acceptors (Lipinski definition) is 8. The Balaban J connectivity index is 1.53. The van der Waals surface area contributed by atoms with E-state index in [-0.39, 0.29) is 13.0 Å². The summed E-state index contributed by atoms with van der Waals surface area (Å²) in [5, 5.41) is 8.83. The van der Waals surface area contributed by atoms with Crippen molar-refractivity contribution in [2.75, 3.05) is 18.5 Å². The largest absolute Gasteiger partial charge is 0.462 e. The van der Waals surface area contributed by atoms with Gasteiger partial charge >= 0.3 is 11.9 Å². The normalized spacial score (nSPS) is 13.2. The summed E-state index contributed by atoms with van der Waals surface area (Å²) < 4.78 is 15.2. The smallest absolute Gasteiger partial charge is 0.341 e. The minimum absolute atomic E-state index is 0.120. The van der Waals surface area contributed by atoms with Crippen LogP contribution in [0.25, 0.3) is 0 Å². The number of anilines is 1. The van der Waals surface area contributed by atoms with Gasteiger partial charge in [-0.25, -0.2) is 4.79 Å². The molecule has 0 bridgehead atoms. The first-order valence-corrected chi connectivity index (χ1v) is 10.4. The number of rotatable bonds is 9. The van der Waals surface area contributed by atoms with Crippen molar-refractivity contribution in [3.8, 4) is 0 Å². The summed E-state index contributed by atoms with van der Waals surface area (Å²) in [6.07, 6.45) is 2.61. The van der Waals surface area contributed by atoms with Gasteiger partial charge in [-0.1, -0.05) is 5.16 Å². The summed E-state index contributed by atoms with van der Waals surface area (Å²) in [5.74, 6) is -0.411. The molecule has 1 saturated carbocycles. The molecule has 2 aromatic heterocycles. The van der Waals surface area contributed by atoms with Gasteiger partial charge < -0.3 is 19.3 Å². The van der Waals surface area contributed by atoms with Gasteiger partial charge in [0.25, 0.3) is 5.91 Å². The van der Waals surface area contributed by atoms with Crippen LogP contribution in [-0.2, 0) is 25.5 Å². The van der Waals surface area contributed by atoms with Gasteiger partial charge in [-0.15, -0.1) is 11.3 Å². The lowest BCUT2D eigenvalue weighted by Gasteiger charge is -2.09. The van der Waals surface area contributed by atoms with Gasteiger partial charge in [-0.2, -0.15) is 0 Å². The molecule has 9 heteroatoms. The molecular formula is C20H24N2O6S. The topological polar surface area (TPSA) is 108 Å². The average Bonchev–Trinajstić information content (AvgIpc) is 3.37. The Morgan fingerprint density at radius 1 is 1.28 bits per heavy atom. The van der Waals surface area contributed by atoms with E-state index in [1.165, 1.54) is 11.3 Å². The lowest BCUT2D eigenvalue weighted by molar-refractivity contribution is -0.147. The number of amides is 1. The number of carbonyl (C=O) groups is 3. The van der Waals surface area contributed by atoms with Crippen molar-refractivity contribution in [2.24, 2.45) is 0 Å². The zero-order valence-electron chi connectivity index (χ0n) is 16.7. The molecule has 1 aliphatic carbocycles.